The van der Waals surface area contributed by atoms with Gasteiger partial charge in [0.15, 0.2) is 11.3 Å². The van der Waals surface area contributed by atoms with Gasteiger partial charge in [0.05, 0.1) is 11.7 Å². The van der Waals surface area contributed by atoms with Gasteiger partial charge in [0.2, 0.25) is 0 Å². The van der Waals surface area contributed by atoms with Crippen molar-refractivity contribution in [3.63, 3.8) is 0 Å². The van der Waals surface area contributed by atoms with Crippen molar-refractivity contribution in [3.05, 3.63) is 24.3 Å². The molecule has 1 fully saturated rings. The summed E-state index contributed by atoms with van der Waals surface area (Å²) in [6, 6.07) is 2.01. The fraction of sp³-hybridized carbons (Fsp3) is 0.652. The number of amides is 1. The molecule has 0 radical (unpaired) electrons. The number of aromatic amines is 1. The Hall–Kier alpha value is -2.64. The predicted molar refractivity (Wildman–Crippen MR) is 120 cm³/mol. The fourth-order valence-electron chi connectivity index (χ4n) is 4.90. The van der Waals surface area contributed by atoms with Crippen molar-refractivity contribution < 1.29 is 9.53 Å². The second kappa shape index (κ2) is 8.85. The lowest BCUT2D eigenvalue weighted by Crippen LogP contribution is -2.38. The second-order valence-corrected chi connectivity index (χ2v) is 9.67. The van der Waals surface area contributed by atoms with Crippen LogP contribution in [0.15, 0.2) is 18.5 Å². The minimum atomic E-state index is -0.189. The Morgan fingerprint density at radius 3 is 2.65 bits per heavy atom. The summed E-state index contributed by atoms with van der Waals surface area (Å²) in [6.45, 7) is 12.2. The predicted octanol–water partition coefficient (Wildman–Crippen LogP) is 4.63. The SMILES string of the molecule is CC[C@@H]1C[C@H](OC(=O)N(CC(C)C)CC(C)C)C[C@@H]1c1nnc2cnc3[nH]ccc3n12. The number of aromatic nitrogens is 5. The number of nitrogens with one attached hydrogen (secondary N) is 1. The van der Waals surface area contributed by atoms with Crippen molar-refractivity contribution in [1.82, 2.24) is 29.5 Å². The van der Waals surface area contributed by atoms with Crippen molar-refractivity contribution in [2.75, 3.05) is 13.1 Å². The summed E-state index contributed by atoms with van der Waals surface area (Å²) in [5, 5.41) is 8.90. The van der Waals surface area contributed by atoms with Crippen LogP contribution in [0.4, 0.5) is 4.79 Å². The molecule has 1 aliphatic carbocycles. The number of H-pyrrole nitrogens is 1. The van der Waals surface area contributed by atoms with Crippen LogP contribution < -0.4 is 0 Å². The molecule has 8 heteroatoms. The van der Waals surface area contributed by atoms with Gasteiger partial charge < -0.3 is 14.6 Å². The Balaban J connectivity index is 1.55. The lowest BCUT2D eigenvalue weighted by Gasteiger charge is -2.27. The average molecular weight is 427 g/mol. The topological polar surface area (TPSA) is 88.4 Å². The van der Waals surface area contributed by atoms with Gasteiger partial charge in [-0.3, -0.25) is 4.40 Å². The van der Waals surface area contributed by atoms with Crippen molar-refractivity contribution in [2.45, 2.75) is 65.9 Å². The van der Waals surface area contributed by atoms with E-state index in [1.54, 1.807) is 6.20 Å². The third kappa shape index (κ3) is 4.38. The van der Waals surface area contributed by atoms with Gasteiger partial charge in [-0.2, -0.15) is 0 Å². The first-order valence-electron chi connectivity index (χ1n) is 11.5. The molecular weight excluding hydrogens is 392 g/mol. The van der Waals surface area contributed by atoms with Crippen LogP contribution in [0.5, 0.6) is 0 Å². The zero-order chi connectivity index (χ0) is 22.1. The number of carbonyl (C=O) groups is 1. The molecule has 0 spiro atoms. The Labute approximate surface area is 183 Å². The molecule has 1 N–H and O–H groups in total. The van der Waals surface area contributed by atoms with E-state index in [2.05, 4.69) is 59.2 Å². The monoisotopic (exact) mass is 426 g/mol. The highest BCUT2D eigenvalue weighted by Crippen LogP contribution is 2.42. The molecule has 3 atom stereocenters. The maximum absolute atomic E-state index is 13.0. The summed E-state index contributed by atoms with van der Waals surface area (Å²) >= 11 is 0. The van der Waals surface area contributed by atoms with E-state index in [0.29, 0.717) is 17.8 Å². The molecular formula is C23H34N6O2. The Bertz CT molecular complexity index is 1030. The molecule has 0 bridgehead atoms. The van der Waals surface area contributed by atoms with Crippen molar-refractivity contribution in [3.8, 4) is 0 Å². The van der Waals surface area contributed by atoms with Crippen molar-refractivity contribution in [2.24, 2.45) is 17.8 Å². The quantitative estimate of drug-likeness (QED) is 0.595. The summed E-state index contributed by atoms with van der Waals surface area (Å²) in [4.78, 5) is 22.4. The Morgan fingerprint density at radius 2 is 1.97 bits per heavy atom. The molecule has 4 rings (SSSR count). The van der Waals surface area contributed by atoms with Crippen LogP contribution in [0, 0.1) is 17.8 Å². The molecule has 1 aliphatic rings. The zero-order valence-corrected chi connectivity index (χ0v) is 19.2. The van der Waals surface area contributed by atoms with Crippen molar-refractivity contribution >= 4 is 22.9 Å². The molecule has 1 saturated carbocycles. The van der Waals surface area contributed by atoms with E-state index in [4.69, 9.17) is 4.74 Å². The second-order valence-electron chi connectivity index (χ2n) is 9.67. The highest BCUT2D eigenvalue weighted by molar-refractivity contribution is 5.74. The number of rotatable bonds is 7. The first-order valence-corrected chi connectivity index (χ1v) is 11.5. The van der Waals surface area contributed by atoms with Gasteiger partial charge in [0, 0.05) is 25.2 Å². The van der Waals surface area contributed by atoms with Gasteiger partial charge in [0.25, 0.3) is 0 Å². The van der Waals surface area contributed by atoms with Crippen LogP contribution >= 0.6 is 0 Å². The van der Waals surface area contributed by atoms with Gasteiger partial charge in [-0.1, -0.05) is 41.0 Å². The summed E-state index contributed by atoms with van der Waals surface area (Å²) in [5.41, 5.74) is 2.55. The van der Waals surface area contributed by atoms with Gasteiger partial charge >= 0.3 is 6.09 Å². The van der Waals surface area contributed by atoms with Crippen LogP contribution in [-0.2, 0) is 4.74 Å². The molecule has 1 amide bonds. The largest absolute Gasteiger partial charge is 0.446 e. The Kier molecular flexibility index (Phi) is 6.16. The molecule has 0 aliphatic heterocycles. The molecule has 0 saturated heterocycles. The Morgan fingerprint density at radius 1 is 1.23 bits per heavy atom. The maximum atomic E-state index is 13.0. The fourth-order valence-corrected chi connectivity index (χ4v) is 4.90. The summed E-state index contributed by atoms with van der Waals surface area (Å²) in [5.74, 6) is 2.35. The average Bonchev–Trinajstić information content (AvgIpc) is 3.43. The molecule has 3 aromatic heterocycles. The van der Waals surface area contributed by atoms with Crippen molar-refractivity contribution in [1.29, 1.82) is 0 Å². The standard InChI is InChI=1S/C23H34N6O2/c1-6-16-9-17(31-23(30)28(12-14(2)3)13-15(4)5)10-18(16)22-27-26-20-11-25-21-19(29(20)22)7-8-24-21/h7-8,11,14-18,24H,6,9-10,12-13H2,1-5H3/t16-,17+,18+/m1/s1. The smallest absolute Gasteiger partial charge is 0.410 e. The highest BCUT2D eigenvalue weighted by Gasteiger charge is 2.39. The highest BCUT2D eigenvalue weighted by atomic mass is 16.6. The third-order valence-corrected chi connectivity index (χ3v) is 6.17. The normalized spacial score (nSPS) is 21.6. The van der Waals surface area contributed by atoms with E-state index in [0.717, 1.165) is 55.0 Å². The minimum absolute atomic E-state index is 0.0971. The van der Waals surface area contributed by atoms with E-state index in [1.165, 1.54) is 0 Å². The number of carbonyl (C=O) groups excluding carboxylic acids is 1. The van der Waals surface area contributed by atoms with Gasteiger partial charge in [-0.25, -0.2) is 9.78 Å². The van der Waals surface area contributed by atoms with Crippen LogP contribution in [0.25, 0.3) is 16.8 Å². The third-order valence-electron chi connectivity index (χ3n) is 6.17. The lowest BCUT2D eigenvalue weighted by molar-refractivity contribution is 0.0569. The lowest BCUT2D eigenvalue weighted by atomic mass is 9.93. The number of hydrogen-bond donors (Lipinski definition) is 1. The van der Waals surface area contributed by atoms with Crippen LogP contribution in [0.1, 0.15) is 65.6 Å². The summed E-state index contributed by atoms with van der Waals surface area (Å²) < 4.78 is 8.13. The number of hydrogen-bond acceptors (Lipinski definition) is 5. The number of nitrogens with zero attached hydrogens (tertiary/aromatic N) is 5. The first-order chi connectivity index (χ1) is 14.9. The van der Waals surface area contributed by atoms with E-state index in [9.17, 15) is 4.79 Å². The van der Waals surface area contributed by atoms with E-state index < -0.39 is 0 Å². The maximum Gasteiger partial charge on any atom is 0.410 e. The van der Waals surface area contributed by atoms with E-state index in [-0.39, 0.29) is 18.1 Å². The molecule has 0 unspecified atom stereocenters. The van der Waals surface area contributed by atoms with Crippen LogP contribution in [0.3, 0.4) is 0 Å². The first kappa shape index (κ1) is 21.6. The van der Waals surface area contributed by atoms with Gasteiger partial charge in [-0.05, 0) is 36.7 Å². The molecule has 0 aromatic carbocycles. The summed E-state index contributed by atoms with van der Waals surface area (Å²) in [7, 11) is 0. The van der Waals surface area contributed by atoms with E-state index >= 15 is 0 Å². The van der Waals surface area contributed by atoms with Crippen LogP contribution in [0.2, 0.25) is 0 Å². The molecule has 168 valence electrons. The number of fused-ring (bicyclic) bond motifs is 3. The molecule has 3 aromatic rings. The van der Waals surface area contributed by atoms with E-state index in [1.807, 2.05) is 17.2 Å². The van der Waals surface area contributed by atoms with Crippen LogP contribution in [-0.4, -0.2) is 54.8 Å². The van der Waals surface area contributed by atoms with Gasteiger partial charge in [-0.15, -0.1) is 10.2 Å². The molecule has 3 heterocycles. The summed E-state index contributed by atoms with van der Waals surface area (Å²) in [6.07, 6.45) is 5.99. The minimum Gasteiger partial charge on any atom is -0.446 e. The molecule has 31 heavy (non-hydrogen) atoms. The number of ether oxygens (including phenoxy) is 1. The molecule has 8 nitrogen and oxygen atoms in total. The van der Waals surface area contributed by atoms with Gasteiger partial charge in [0.1, 0.15) is 11.9 Å². The zero-order valence-electron chi connectivity index (χ0n) is 19.2.